The molecule has 3 aromatic rings. The Hall–Kier alpha value is -3.61. The van der Waals surface area contributed by atoms with Crippen LogP contribution in [0.25, 0.3) is 0 Å². The van der Waals surface area contributed by atoms with Crippen LogP contribution in [0.2, 0.25) is 0 Å². The zero-order valence-corrected chi connectivity index (χ0v) is 16.0. The van der Waals surface area contributed by atoms with Crippen LogP contribution in [0.5, 0.6) is 11.5 Å². The first-order valence-electron chi connectivity index (χ1n) is 8.84. The maximum absolute atomic E-state index is 12.3. The first-order valence-corrected chi connectivity index (χ1v) is 8.84. The molecule has 7 heteroatoms. The predicted molar refractivity (Wildman–Crippen MR) is 108 cm³/mol. The van der Waals surface area contributed by atoms with Gasteiger partial charge in [-0.3, -0.25) is 4.79 Å². The molecule has 0 bridgehead atoms. The van der Waals surface area contributed by atoms with Crippen molar-refractivity contribution < 1.29 is 14.3 Å². The normalized spacial score (nSPS) is 10.4. The number of hydrogen-bond donors (Lipinski definition) is 2. The molecule has 0 aliphatic heterocycles. The number of benzene rings is 2. The number of nitrogens with one attached hydrogen (secondary N) is 2. The predicted octanol–water partition coefficient (Wildman–Crippen LogP) is 4.27. The highest BCUT2D eigenvalue weighted by molar-refractivity contribution is 6.03. The molecule has 0 fully saturated rings. The van der Waals surface area contributed by atoms with E-state index in [2.05, 4.69) is 20.6 Å². The van der Waals surface area contributed by atoms with Gasteiger partial charge >= 0.3 is 0 Å². The van der Waals surface area contributed by atoms with E-state index in [-0.39, 0.29) is 12.0 Å². The van der Waals surface area contributed by atoms with E-state index in [0.29, 0.717) is 17.2 Å². The van der Waals surface area contributed by atoms with Gasteiger partial charge in [-0.2, -0.15) is 0 Å². The third kappa shape index (κ3) is 5.20. The number of aromatic nitrogens is 2. The zero-order valence-electron chi connectivity index (χ0n) is 16.0. The molecule has 0 saturated carbocycles. The van der Waals surface area contributed by atoms with Crippen LogP contribution < -0.4 is 20.1 Å². The lowest BCUT2D eigenvalue weighted by Crippen LogP contribution is -2.13. The summed E-state index contributed by atoms with van der Waals surface area (Å²) >= 11 is 0. The van der Waals surface area contributed by atoms with Crippen molar-refractivity contribution in [3.8, 4) is 11.5 Å². The number of nitrogens with zero attached hydrogens (tertiary/aromatic N) is 2. The number of anilines is 3. The van der Waals surface area contributed by atoms with Gasteiger partial charge in [-0.15, -0.1) is 0 Å². The molecule has 0 radical (unpaired) electrons. The molecule has 0 atom stereocenters. The Bertz CT molecular complexity index is 908. The van der Waals surface area contributed by atoms with E-state index in [4.69, 9.17) is 9.47 Å². The largest absolute Gasteiger partial charge is 0.497 e. The molecule has 144 valence electrons. The summed E-state index contributed by atoms with van der Waals surface area (Å²) in [4.78, 5) is 20.7. The number of ether oxygens (including phenoxy) is 2. The van der Waals surface area contributed by atoms with Gasteiger partial charge in [0.25, 0.3) is 5.91 Å². The van der Waals surface area contributed by atoms with Gasteiger partial charge in [0.15, 0.2) is 0 Å². The first kappa shape index (κ1) is 19.2. The van der Waals surface area contributed by atoms with Gasteiger partial charge in [0, 0.05) is 23.8 Å². The van der Waals surface area contributed by atoms with Gasteiger partial charge in [0.05, 0.1) is 18.8 Å². The summed E-state index contributed by atoms with van der Waals surface area (Å²) in [6.45, 7) is 3.96. The lowest BCUT2D eigenvalue weighted by atomic mass is 10.2. The minimum atomic E-state index is -0.285. The zero-order chi connectivity index (χ0) is 19.9. The fourth-order valence-corrected chi connectivity index (χ4v) is 2.41. The van der Waals surface area contributed by atoms with Crippen molar-refractivity contribution in [2.24, 2.45) is 0 Å². The van der Waals surface area contributed by atoms with E-state index in [9.17, 15) is 4.79 Å². The van der Waals surface area contributed by atoms with E-state index < -0.39 is 0 Å². The Morgan fingerprint density at radius 3 is 2.04 bits per heavy atom. The second-order valence-corrected chi connectivity index (χ2v) is 6.29. The average molecular weight is 378 g/mol. The number of rotatable bonds is 7. The third-order valence-corrected chi connectivity index (χ3v) is 3.74. The quantitative estimate of drug-likeness (QED) is 0.639. The van der Waals surface area contributed by atoms with Crippen molar-refractivity contribution in [3.63, 3.8) is 0 Å². The number of carbonyl (C=O) groups is 1. The van der Waals surface area contributed by atoms with Crippen molar-refractivity contribution in [2.75, 3.05) is 17.7 Å². The Kier molecular flexibility index (Phi) is 6.06. The third-order valence-electron chi connectivity index (χ3n) is 3.74. The minimum absolute atomic E-state index is 0.124. The van der Waals surface area contributed by atoms with Crippen molar-refractivity contribution in [1.82, 2.24) is 9.97 Å². The van der Waals surface area contributed by atoms with E-state index in [1.807, 2.05) is 38.1 Å². The van der Waals surface area contributed by atoms with Gasteiger partial charge in [-0.05, 0) is 62.4 Å². The summed E-state index contributed by atoms with van der Waals surface area (Å²) in [6.07, 6.45) is 3.08. The van der Waals surface area contributed by atoms with Gasteiger partial charge in [0.2, 0.25) is 5.95 Å². The molecule has 1 amide bonds. The van der Waals surface area contributed by atoms with Crippen LogP contribution in [0.15, 0.2) is 60.9 Å². The SMILES string of the molecule is COc1ccc(NC(=O)c2cnc(Nc3ccc(OC(C)C)cc3)nc2)cc1. The lowest BCUT2D eigenvalue weighted by molar-refractivity contribution is 0.102. The molecule has 1 aromatic heterocycles. The first-order chi connectivity index (χ1) is 13.5. The Labute approximate surface area is 163 Å². The Morgan fingerprint density at radius 2 is 1.46 bits per heavy atom. The average Bonchev–Trinajstić information content (AvgIpc) is 2.70. The van der Waals surface area contributed by atoms with Crippen molar-refractivity contribution in [1.29, 1.82) is 0 Å². The Balaban J connectivity index is 1.60. The fourth-order valence-electron chi connectivity index (χ4n) is 2.41. The van der Waals surface area contributed by atoms with Gasteiger partial charge in [-0.1, -0.05) is 0 Å². The molecule has 3 rings (SSSR count). The van der Waals surface area contributed by atoms with Gasteiger partial charge < -0.3 is 20.1 Å². The van der Waals surface area contributed by atoms with Crippen LogP contribution in [0, 0.1) is 0 Å². The molecule has 0 spiro atoms. The molecule has 2 N–H and O–H groups in total. The van der Waals surface area contributed by atoms with Crippen LogP contribution in [0.4, 0.5) is 17.3 Å². The van der Waals surface area contributed by atoms with Crippen molar-refractivity contribution in [2.45, 2.75) is 20.0 Å². The van der Waals surface area contributed by atoms with Crippen LogP contribution in [-0.4, -0.2) is 29.1 Å². The summed E-state index contributed by atoms with van der Waals surface area (Å²) in [6, 6.07) is 14.6. The van der Waals surface area contributed by atoms with Gasteiger partial charge in [-0.25, -0.2) is 9.97 Å². The maximum Gasteiger partial charge on any atom is 0.258 e. The highest BCUT2D eigenvalue weighted by Gasteiger charge is 2.08. The van der Waals surface area contributed by atoms with E-state index in [1.54, 1.807) is 31.4 Å². The van der Waals surface area contributed by atoms with Crippen molar-refractivity contribution >= 4 is 23.2 Å². The molecule has 0 saturated heterocycles. The summed E-state index contributed by atoms with van der Waals surface area (Å²) < 4.78 is 10.7. The second-order valence-electron chi connectivity index (χ2n) is 6.29. The number of carbonyl (C=O) groups excluding carboxylic acids is 1. The summed E-state index contributed by atoms with van der Waals surface area (Å²) in [5.41, 5.74) is 1.85. The number of amides is 1. The van der Waals surface area contributed by atoms with Crippen molar-refractivity contribution in [3.05, 3.63) is 66.5 Å². The molecule has 28 heavy (non-hydrogen) atoms. The van der Waals surface area contributed by atoms with E-state index in [0.717, 1.165) is 17.2 Å². The monoisotopic (exact) mass is 378 g/mol. The van der Waals surface area contributed by atoms with Gasteiger partial charge in [0.1, 0.15) is 11.5 Å². The topological polar surface area (TPSA) is 85.4 Å². The highest BCUT2D eigenvalue weighted by Crippen LogP contribution is 2.19. The molecule has 0 aliphatic carbocycles. The maximum atomic E-state index is 12.3. The van der Waals surface area contributed by atoms with Crippen LogP contribution in [0.1, 0.15) is 24.2 Å². The molecule has 0 aliphatic rings. The van der Waals surface area contributed by atoms with E-state index >= 15 is 0 Å². The molecule has 2 aromatic carbocycles. The summed E-state index contributed by atoms with van der Waals surface area (Å²) in [5.74, 6) is 1.64. The number of methoxy groups -OCH3 is 1. The number of hydrogen-bond acceptors (Lipinski definition) is 6. The Morgan fingerprint density at radius 1 is 0.893 bits per heavy atom. The second kappa shape index (κ2) is 8.85. The highest BCUT2D eigenvalue weighted by atomic mass is 16.5. The molecule has 7 nitrogen and oxygen atoms in total. The minimum Gasteiger partial charge on any atom is -0.497 e. The summed E-state index contributed by atoms with van der Waals surface area (Å²) in [5, 5.41) is 5.88. The molecule has 1 heterocycles. The van der Waals surface area contributed by atoms with Crippen LogP contribution in [-0.2, 0) is 0 Å². The van der Waals surface area contributed by atoms with E-state index in [1.165, 1.54) is 12.4 Å². The standard InChI is InChI=1S/C21H22N4O3/c1-14(2)28-19-10-6-17(7-11-19)25-21-22-12-15(13-23-21)20(26)24-16-4-8-18(27-3)9-5-16/h4-14H,1-3H3,(H,24,26)(H,22,23,25). The molecular formula is C21H22N4O3. The molecular weight excluding hydrogens is 356 g/mol. The van der Waals surface area contributed by atoms with Crippen LogP contribution in [0.3, 0.4) is 0 Å². The fraction of sp³-hybridized carbons (Fsp3) is 0.190. The summed E-state index contributed by atoms with van der Waals surface area (Å²) in [7, 11) is 1.59. The van der Waals surface area contributed by atoms with Crippen LogP contribution >= 0.6 is 0 Å². The lowest BCUT2D eigenvalue weighted by Gasteiger charge is -2.10. The molecule has 0 unspecified atom stereocenters. The smallest absolute Gasteiger partial charge is 0.258 e.